The topological polar surface area (TPSA) is 78.1 Å². The number of carbonyl (C=O) groups is 2. The number of aromatic amines is 1. The molecule has 1 atom stereocenters. The van der Waals surface area contributed by atoms with Crippen molar-refractivity contribution in [2.45, 2.75) is 18.9 Å². The van der Waals surface area contributed by atoms with E-state index in [0.717, 1.165) is 10.9 Å². The van der Waals surface area contributed by atoms with Crippen molar-refractivity contribution in [3.8, 4) is 0 Å². The van der Waals surface area contributed by atoms with E-state index < -0.39 is 5.54 Å². The molecule has 21 heavy (non-hydrogen) atoms. The van der Waals surface area contributed by atoms with Gasteiger partial charge < -0.3 is 10.2 Å². The molecule has 1 aromatic carbocycles. The summed E-state index contributed by atoms with van der Waals surface area (Å²) in [6, 6.07) is 5.54. The highest BCUT2D eigenvalue weighted by molar-refractivity contribution is 6.07. The number of amides is 2. The zero-order chi connectivity index (χ0) is 15.0. The molecule has 1 saturated heterocycles. The zero-order valence-electron chi connectivity index (χ0n) is 11.7. The fraction of sp³-hybridized carbons (Fsp3) is 0.267. The molecule has 3 rings (SSSR count). The fourth-order valence-corrected chi connectivity index (χ4v) is 2.59. The summed E-state index contributed by atoms with van der Waals surface area (Å²) >= 11 is 0. The van der Waals surface area contributed by atoms with Crippen LogP contribution < -0.4 is 5.32 Å². The average molecular weight is 284 g/mol. The van der Waals surface area contributed by atoms with Gasteiger partial charge in [-0.1, -0.05) is 12.6 Å². The van der Waals surface area contributed by atoms with Crippen molar-refractivity contribution >= 4 is 28.4 Å². The Morgan fingerprint density at radius 3 is 3.00 bits per heavy atom. The molecular weight excluding hydrogens is 268 g/mol. The Balaban J connectivity index is 1.85. The first-order chi connectivity index (χ1) is 10.1. The van der Waals surface area contributed by atoms with Crippen molar-refractivity contribution in [1.29, 1.82) is 0 Å². The smallest absolute Gasteiger partial charge is 0.250 e. The highest BCUT2D eigenvalue weighted by Crippen LogP contribution is 2.32. The lowest BCUT2D eigenvalue weighted by molar-refractivity contribution is -0.150. The molecule has 1 aliphatic rings. The van der Waals surface area contributed by atoms with Crippen molar-refractivity contribution < 1.29 is 9.59 Å². The minimum Gasteiger partial charge on any atom is -0.325 e. The van der Waals surface area contributed by atoms with Crippen LogP contribution in [-0.2, 0) is 9.59 Å². The Bertz CT molecular complexity index is 736. The van der Waals surface area contributed by atoms with Crippen LogP contribution in [0.5, 0.6) is 0 Å². The van der Waals surface area contributed by atoms with Gasteiger partial charge in [-0.3, -0.25) is 14.7 Å². The minimum absolute atomic E-state index is 0.197. The van der Waals surface area contributed by atoms with Crippen LogP contribution in [0, 0.1) is 0 Å². The molecule has 0 saturated carbocycles. The van der Waals surface area contributed by atoms with Gasteiger partial charge in [-0.15, -0.1) is 0 Å². The third-order valence-corrected chi connectivity index (χ3v) is 4.08. The van der Waals surface area contributed by atoms with E-state index >= 15 is 0 Å². The number of benzene rings is 1. The maximum Gasteiger partial charge on any atom is 0.250 e. The summed E-state index contributed by atoms with van der Waals surface area (Å²) in [7, 11) is 0. The summed E-state index contributed by atoms with van der Waals surface area (Å²) in [6.45, 7) is 5.81. The lowest BCUT2D eigenvalue weighted by Crippen LogP contribution is -2.65. The molecular formula is C15H16N4O2. The lowest BCUT2D eigenvalue weighted by atomic mass is 9.85. The first-order valence-corrected chi connectivity index (χ1v) is 6.74. The molecule has 2 aromatic rings. The molecule has 1 aliphatic heterocycles. The number of likely N-dealkylation sites (tertiary alicyclic amines) is 1. The molecule has 6 heteroatoms. The molecule has 0 bridgehead atoms. The SMILES string of the molecule is C=CC(=O)N1CCC1(C)C(=O)Nc1cccc2[nH]ncc12. The molecule has 1 unspecified atom stereocenters. The number of rotatable bonds is 3. The van der Waals surface area contributed by atoms with Crippen LogP contribution in [-0.4, -0.2) is 39.0 Å². The summed E-state index contributed by atoms with van der Waals surface area (Å²) in [5.74, 6) is -0.418. The number of fused-ring (bicyclic) bond motifs is 1. The number of H-pyrrole nitrogens is 1. The second-order valence-corrected chi connectivity index (χ2v) is 5.31. The number of hydrogen-bond donors (Lipinski definition) is 2. The second-order valence-electron chi connectivity index (χ2n) is 5.31. The molecule has 0 aliphatic carbocycles. The van der Waals surface area contributed by atoms with Gasteiger partial charge in [0.15, 0.2) is 0 Å². The predicted molar refractivity (Wildman–Crippen MR) is 79.7 cm³/mol. The van der Waals surface area contributed by atoms with Crippen LogP contribution in [0.2, 0.25) is 0 Å². The largest absolute Gasteiger partial charge is 0.325 e. The summed E-state index contributed by atoms with van der Waals surface area (Å²) in [5, 5.41) is 10.6. The third kappa shape index (κ3) is 1.99. The average Bonchev–Trinajstić information content (AvgIpc) is 2.94. The number of hydrogen-bond acceptors (Lipinski definition) is 3. The Labute approximate surface area is 121 Å². The summed E-state index contributed by atoms with van der Waals surface area (Å²) < 4.78 is 0. The van der Waals surface area contributed by atoms with Gasteiger partial charge in [-0.2, -0.15) is 5.10 Å². The molecule has 2 heterocycles. The van der Waals surface area contributed by atoms with Crippen molar-refractivity contribution in [1.82, 2.24) is 15.1 Å². The third-order valence-electron chi connectivity index (χ3n) is 4.08. The van der Waals surface area contributed by atoms with E-state index in [1.807, 2.05) is 18.2 Å². The van der Waals surface area contributed by atoms with Gasteiger partial charge in [0.05, 0.1) is 17.4 Å². The molecule has 0 spiro atoms. The van der Waals surface area contributed by atoms with Crippen molar-refractivity contribution in [2.24, 2.45) is 0 Å². The van der Waals surface area contributed by atoms with Gasteiger partial charge in [-0.05, 0) is 31.6 Å². The van der Waals surface area contributed by atoms with Crippen molar-refractivity contribution in [3.05, 3.63) is 37.1 Å². The Hall–Kier alpha value is -2.63. The standard InChI is InChI=1S/C15H16N4O2/c1-3-13(20)19-8-7-15(19,2)14(21)17-11-5-4-6-12-10(11)9-16-18-12/h3-6,9H,1,7-8H2,2H3,(H,16,18)(H,17,21). The number of anilines is 1. The highest BCUT2D eigenvalue weighted by Gasteiger charge is 2.48. The van der Waals surface area contributed by atoms with Crippen LogP contribution in [0.15, 0.2) is 37.1 Å². The molecule has 2 amide bonds. The van der Waals surface area contributed by atoms with E-state index in [4.69, 9.17) is 0 Å². The quantitative estimate of drug-likeness (QED) is 0.842. The highest BCUT2D eigenvalue weighted by atomic mass is 16.2. The number of nitrogens with one attached hydrogen (secondary N) is 2. The number of carbonyl (C=O) groups excluding carboxylic acids is 2. The molecule has 2 N–H and O–H groups in total. The molecule has 108 valence electrons. The maximum atomic E-state index is 12.5. The number of aromatic nitrogens is 2. The van der Waals surface area contributed by atoms with Crippen molar-refractivity contribution in [2.75, 3.05) is 11.9 Å². The normalized spacial score (nSPS) is 20.9. The van der Waals surface area contributed by atoms with E-state index in [-0.39, 0.29) is 11.8 Å². The maximum absolute atomic E-state index is 12.5. The van der Waals surface area contributed by atoms with Gasteiger partial charge >= 0.3 is 0 Å². The Morgan fingerprint density at radius 1 is 1.52 bits per heavy atom. The predicted octanol–water partition coefficient (Wildman–Crippen LogP) is 1.68. The fourth-order valence-electron chi connectivity index (χ4n) is 2.59. The summed E-state index contributed by atoms with van der Waals surface area (Å²) in [5.41, 5.74) is 0.716. The zero-order valence-corrected chi connectivity index (χ0v) is 11.7. The van der Waals surface area contributed by atoms with Gasteiger partial charge in [0, 0.05) is 11.9 Å². The number of nitrogens with zero attached hydrogens (tertiary/aromatic N) is 2. The van der Waals surface area contributed by atoms with E-state index in [0.29, 0.717) is 18.7 Å². The van der Waals surface area contributed by atoms with Crippen LogP contribution in [0.3, 0.4) is 0 Å². The van der Waals surface area contributed by atoms with Gasteiger partial charge in [0.25, 0.3) is 0 Å². The van der Waals surface area contributed by atoms with Crippen LogP contribution >= 0.6 is 0 Å². The minimum atomic E-state index is -0.822. The van der Waals surface area contributed by atoms with Crippen LogP contribution in [0.1, 0.15) is 13.3 Å². The van der Waals surface area contributed by atoms with Crippen molar-refractivity contribution in [3.63, 3.8) is 0 Å². The van der Waals surface area contributed by atoms with Gasteiger partial charge in [-0.25, -0.2) is 0 Å². The first-order valence-electron chi connectivity index (χ1n) is 6.74. The van der Waals surface area contributed by atoms with Gasteiger partial charge in [0.1, 0.15) is 5.54 Å². The molecule has 1 aromatic heterocycles. The molecule has 6 nitrogen and oxygen atoms in total. The van der Waals surface area contributed by atoms with E-state index in [1.54, 1.807) is 13.1 Å². The summed E-state index contributed by atoms with van der Waals surface area (Å²) in [6.07, 6.45) is 3.54. The Morgan fingerprint density at radius 2 is 2.33 bits per heavy atom. The van der Waals surface area contributed by atoms with E-state index in [2.05, 4.69) is 22.1 Å². The summed E-state index contributed by atoms with van der Waals surface area (Å²) in [4.78, 5) is 25.8. The van der Waals surface area contributed by atoms with E-state index in [9.17, 15) is 9.59 Å². The first kappa shape index (κ1) is 13.4. The Kier molecular flexibility index (Phi) is 3.01. The lowest BCUT2D eigenvalue weighted by Gasteiger charge is -2.48. The molecule has 1 fully saturated rings. The van der Waals surface area contributed by atoms with Crippen LogP contribution in [0.25, 0.3) is 10.9 Å². The van der Waals surface area contributed by atoms with E-state index in [1.165, 1.54) is 11.0 Å². The second kappa shape index (κ2) is 4.73. The molecule has 0 radical (unpaired) electrons. The van der Waals surface area contributed by atoms with Gasteiger partial charge in [0.2, 0.25) is 11.8 Å². The monoisotopic (exact) mass is 284 g/mol. The van der Waals surface area contributed by atoms with Crippen LogP contribution in [0.4, 0.5) is 5.69 Å².